The lowest BCUT2D eigenvalue weighted by atomic mass is 9.98. The molecule has 0 spiro atoms. The van der Waals surface area contributed by atoms with Crippen LogP contribution < -0.4 is 0 Å². The van der Waals surface area contributed by atoms with E-state index in [1.54, 1.807) is 0 Å². The maximum absolute atomic E-state index is 5.35. The largest absolute Gasteiger partial charge is 0.309 e. The molecule has 0 atom stereocenters. The van der Waals surface area contributed by atoms with Crippen molar-refractivity contribution < 1.29 is 0 Å². The first-order chi connectivity index (χ1) is 29.7. The molecule has 0 fully saturated rings. The number of hydrogen-bond donors (Lipinski definition) is 0. The third kappa shape index (κ3) is 5.53. The molecule has 0 aliphatic carbocycles. The lowest BCUT2D eigenvalue weighted by molar-refractivity contribution is 1.17. The number of hydrogen-bond acceptors (Lipinski definition) is 2. The van der Waals surface area contributed by atoms with Crippen LogP contribution in [0.1, 0.15) is 0 Å². The Morgan fingerprint density at radius 1 is 0.267 bits per heavy atom. The third-order valence-electron chi connectivity index (χ3n) is 11.9. The Kier molecular flexibility index (Phi) is 7.82. The molecular formula is C56H36N4. The van der Waals surface area contributed by atoms with Crippen molar-refractivity contribution in [3.8, 4) is 56.3 Å². The summed E-state index contributed by atoms with van der Waals surface area (Å²) < 4.78 is 4.75. The minimum atomic E-state index is 0.700. The van der Waals surface area contributed by atoms with Crippen molar-refractivity contribution >= 4 is 54.5 Å². The molecule has 0 radical (unpaired) electrons. The van der Waals surface area contributed by atoms with Crippen LogP contribution >= 0.6 is 0 Å². The van der Waals surface area contributed by atoms with E-state index in [1.807, 2.05) is 0 Å². The average molecular weight is 765 g/mol. The molecule has 280 valence electrons. The first-order valence-electron chi connectivity index (χ1n) is 20.4. The first kappa shape index (κ1) is 34.0. The molecule has 4 heteroatoms. The predicted molar refractivity (Wildman–Crippen MR) is 250 cm³/mol. The van der Waals surface area contributed by atoms with E-state index in [4.69, 9.17) is 9.97 Å². The van der Waals surface area contributed by atoms with Crippen LogP contribution in [0, 0.1) is 0 Å². The van der Waals surface area contributed by atoms with E-state index >= 15 is 0 Å². The minimum Gasteiger partial charge on any atom is -0.309 e. The van der Waals surface area contributed by atoms with E-state index < -0.39 is 0 Å². The highest BCUT2D eigenvalue weighted by Crippen LogP contribution is 2.39. The summed E-state index contributed by atoms with van der Waals surface area (Å²) in [5.74, 6) is 0.700. The van der Waals surface area contributed by atoms with E-state index in [-0.39, 0.29) is 0 Å². The van der Waals surface area contributed by atoms with Gasteiger partial charge in [0, 0.05) is 49.4 Å². The predicted octanol–water partition coefficient (Wildman–Crippen LogP) is 14.5. The highest BCUT2D eigenvalue weighted by molar-refractivity contribution is 6.12. The zero-order valence-corrected chi connectivity index (χ0v) is 32.6. The lowest BCUT2D eigenvalue weighted by Gasteiger charge is -2.14. The van der Waals surface area contributed by atoms with Gasteiger partial charge in [-0.1, -0.05) is 140 Å². The molecule has 0 aliphatic rings. The van der Waals surface area contributed by atoms with Gasteiger partial charge in [-0.25, -0.2) is 9.97 Å². The standard InChI is InChI=1S/C56H36N4/c1-3-15-37(16-4-1)41-33-42(38-17-5-2-6-18-38)35-44(34-41)60-53-26-14-10-21-47(53)49-36-40(29-32-54(49)60)55-48-22-7-11-23-50(48)57-56(58-55)39-27-30-43(31-28-39)59-51-24-12-8-19-45(51)46-20-9-13-25-52(46)59/h1-36H. The van der Waals surface area contributed by atoms with Crippen LogP contribution in [0.25, 0.3) is 111 Å². The topological polar surface area (TPSA) is 35.6 Å². The second-order valence-corrected chi connectivity index (χ2v) is 15.4. The fourth-order valence-corrected chi connectivity index (χ4v) is 9.12. The Labute approximate surface area is 346 Å². The van der Waals surface area contributed by atoms with Crippen LogP contribution in [0.2, 0.25) is 0 Å². The number of benzene rings is 9. The summed E-state index contributed by atoms with van der Waals surface area (Å²) in [4.78, 5) is 10.5. The van der Waals surface area contributed by atoms with Crippen LogP contribution in [0.4, 0.5) is 0 Å². The highest BCUT2D eigenvalue weighted by Gasteiger charge is 2.18. The van der Waals surface area contributed by atoms with Crippen LogP contribution in [-0.2, 0) is 0 Å². The van der Waals surface area contributed by atoms with Crippen molar-refractivity contribution in [2.75, 3.05) is 0 Å². The molecule has 12 rings (SSSR count). The molecule has 4 nitrogen and oxygen atoms in total. The van der Waals surface area contributed by atoms with Crippen LogP contribution in [0.3, 0.4) is 0 Å². The Hall–Kier alpha value is -8.08. The summed E-state index contributed by atoms with van der Waals surface area (Å²) in [5, 5.41) is 5.89. The first-order valence-corrected chi connectivity index (χ1v) is 20.4. The molecule has 3 aromatic heterocycles. The van der Waals surface area contributed by atoms with Gasteiger partial charge < -0.3 is 9.13 Å². The maximum atomic E-state index is 5.35. The molecule has 0 aliphatic heterocycles. The molecule has 3 heterocycles. The summed E-state index contributed by atoms with van der Waals surface area (Å²) in [6.07, 6.45) is 0. The summed E-state index contributed by atoms with van der Waals surface area (Å²) >= 11 is 0. The van der Waals surface area contributed by atoms with Gasteiger partial charge in [-0.05, 0) is 101 Å². The number of aromatic nitrogens is 4. The summed E-state index contributed by atoms with van der Waals surface area (Å²) in [7, 11) is 0. The summed E-state index contributed by atoms with van der Waals surface area (Å²) in [5.41, 5.74) is 15.5. The van der Waals surface area contributed by atoms with Crippen LogP contribution in [0.15, 0.2) is 218 Å². The van der Waals surface area contributed by atoms with Crippen molar-refractivity contribution in [3.05, 3.63) is 218 Å². The van der Waals surface area contributed by atoms with Gasteiger partial charge in [0.1, 0.15) is 0 Å². The quantitative estimate of drug-likeness (QED) is 0.169. The van der Waals surface area contributed by atoms with Crippen molar-refractivity contribution in [2.24, 2.45) is 0 Å². The van der Waals surface area contributed by atoms with E-state index in [0.717, 1.165) is 50.1 Å². The maximum Gasteiger partial charge on any atom is 0.160 e. The van der Waals surface area contributed by atoms with Crippen molar-refractivity contribution in [1.82, 2.24) is 19.1 Å². The smallest absolute Gasteiger partial charge is 0.160 e. The Balaban J connectivity index is 1.01. The second kappa shape index (κ2) is 13.8. The molecule has 0 N–H and O–H groups in total. The molecule has 0 saturated carbocycles. The molecule has 0 amide bonds. The number of nitrogens with zero attached hydrogens (tertiary/aromatic N) is 4. The van der Waals surface area contributed by atoms with Gasteiger partial charge in [-0.3, -0.25) is 0 Å². The Morgan fingerprint density at radius 2 is 0.733 bits per heavy atom. The number of fused-ring (bicyclic) bond motifs is 7. The summed E-state index contributed by atoms with van der Waals surface area (Å²) in [6.45, 7) is 0. The van der Waals surface area contributed by atoms with Gasteiger partial charge in [-0.2, -0.15) is 0 Å². The van der Waals surface area contributed by atoms with Gasteiger partial charge >= 0.3 is 0 Å². The molecule has 0 bridgehead atoms. The monoisotopic (exact) mass is 764 g/mol. The number of rotatable bonds is 6. The SMILES string of the molecule is c1ccc(-c2cc(-c3ccccc3)cc(-n3c4ccccc4c4cc(-c5nc(-c6ccc(-n7c8ccccc8c8ccccc87)cc6)nc6ccccc56)ccc43)c2)cc1. The van der Waals surface area contributed by atoms with Gasteiger partial charge in [0.05, 0.1) is 33.3 Å². The van der Waals surface area contributed by atoms with Gasteiger partial charge in [0.25, 0.3) is 0 Å². The van der Waals surface area contributed by atoms with Crippen LogP contribution in [-0.4, -0.2) is 19.1 Å². The van der Waals surface area contributed by atoms with Crippen molar-refractivity contribution in [3.63, 3.8) is 0 Å². The van der Waals surface area contributed by atoms with Crippen molar-refractivity contribution in [1.29, 1.82) is 0 Å². The van der Waals surface area contributed by atoms with Gasteiger partial charge in [0.15, 0.2) is 5.82 Å². The van der Waals surface area contributed by atoms with Crippen molar-refractivity contribution in [2.45, 2.75) is 0 Å². The van der Waals surface area contributed by atoms with E-state index in [1.165, 1.54) is 54.8 Å². The van der Waals surface area contributed by atoms with E-state index in [0.29, 0.717) is 5.82 Å². The zero-order valence-electron chi connectivity index (χ0n) is 32.6. The number of para-hydroxylation sites is 4. The summed E-state index contributed by atoms with van der Waals surface area (Å²) in [6, 6.07) is 78.0. The van der Waals surface area contributed by atoms with Crippen LogP contribution in [0.5, 0.6) is 0 Å². The minimum absolute atomic E-state index is 0.700. The second-order valence-electron chi connectivity index (χ2n) is 15.4. The van der Waals surface area contributed by atoms with E-state index in [9.17, 15) is 0 Å². The lowest BCUT2D eigenvalue weighted by Crippen LogP contribution is -1.97. The molecule has 9 aromatic carbocycles. The molecule has 0 saturated heterocycles. The third-order valence-corrected chi connectivity index (χ3v) is 11.9. The highest BCUT2D eigenvalue weighted by atomic mass is 15.0. The van der Waals surface area contributed by atoms with E-state index in [2.05, 4.69) is 228 Å². The zero-order chi connectivity index (χ0) is 39.6. The normalized spacial score (nSPS) is 11.7. The Bertz CT molecular complexity index is 3470. The fraction of sp³-hybridized carbons (Fsp3) is 0. The Morgan fingerprint density at radius 3 is 1.33 bits per heavy atom. The van der Waals surface area contributed by atoms with Gasteiger partial charge in [-0.15, -0.1) is 0 Å². The molecule has 60 heavy (non-hydrogen) atoms. The van der Waals surface area contributed by atoms with Gasteiger partial charge in [0.2, 0.25) is 0 Å². The average Bonchev–Trinajstić information content (AvgIpc) is 3.84. The fourth-order valence-electron chi connectivity index (χ4n) is 9.12. The molecule has 0 unspecified atom stereocenters. The molecular weight excluding hydrogens is 729 g/mol. The molecule has 12 aromatic rings.